The van der Waals surface area contributed by atoms with E-state index in [1.54, 1.807) is 11.1 Å². The van der Waals surface area contributed by atoms with Crippen LogP contribution in [0, 0.1) is 5.92 Å². The molecule has 120 valence electrons. The summed E-state index contributed by atoms with van der Waals surface area (Å²) in [5.74, 6) is 0.257. The predicted octanol–water partition coefficient (Wildman–Crippen LogP) is 2.46. The van der Waals surface area contributed by atoms with Crippen LogP contribution in [0.15, 0.2) is 23.4 Å². The summed E-state index contributed by atoms with van der Waals surface area (Å²) >= 11 is 1.39. The van der Waals surface area contributed by atoms with Crippen molar-refractivity contribution >= 4 is 29.3 Å². The first-order valence-corrected chi connectivity index (χ1v) is 8.49. The van der Waals surface area contributed by atoms with E-state index in [4.69, 9.17) is 0 Å². The van der Waals surface area contributed by atoms with Gasteiger partial charge in [-0.1, -0.05) is 25.6 Å². The van der Waals surface area contributed by atoms with Crippen molar-refractivity contribution in [3.8, 4) is 0 Å². The number of hydrogen-bond acceptors (Lipinski definition) is 4. The molecule has 1 aromatic heterocycles. The molecule has 6 heteroatoms. The Balaban J connectivity index is 2.21. The fraction of sp³-hybridized carbons (Fsp3) is 0.562. The van der Waals surface area contributed by atoms with Gasteiger partial charge < -0.3 is 10.2 Å². The minimum Gasteiger partial charge on any atom is -0.354 e. The molecule has 0 saturated heterocycles. The monoisotopic (exact) mass is 321 g/mol. The van der Waals surface area contributed by atoms with E-state index in [2.05, 4.69) is 24.1 Å². The maximum absolute atomic E-state index is 12.7. The van der Waals surface area contributed by atoms with Gasteiger partial charge >= 0.3 is 0 Å². The molecule has 1 N–H and O–H groups in total. The van der Waals surface area contributed by atoms with Gasteiger partial charge in [0.2, 0.25) is 11.8 Å². The number of nitrogens with one attached hydrogen (secondary N) is 1. The number of hydrogen-bond donors (Lipinski definition) is 1. The first-order chi connectivity index (χ1) is 10.4. The largest absolute Gasteiger partial charge is 0.354 e. The Kier molecular flexibility index (Phi) is 5.45. The molecule has 2 heterocycles. The molecule has 0 fully saturated rings. The smallest absolute Gasteiger partial charge is 0.241 e. The fourth-order valence-electron chi connectivity index (χ4n) is 2.39. The van der Waals surface area contributed by atoms with Crippen LogP contribution in [0.1, 0.15) is 34.1 Å². The number of anilines is 1. The second kappa shape index (κ2) is 7.13. The van der Waals surface area contributed by atoms with Gasteiger partial charge in [-0.3, -0.25) is 9.59 Å². The highest BCUT2D eigenvalue weighted by molar-refractivity contribution is 8.00. The van der Waals surface area contributed by atoms with Crippen LogP contribution in [-0.4, -0.2) is 34.6 Å². The molecule has 0 bridgehead atoms. The molecular weight excluding hydrogens is 298 g/mol. The number of amides is 2. The number of nitrogens with zero attached hydrogens (tertiary/aromatic N) is 2. The molecule has 1 unspecified atom stereocenters. The Morgan fingerprint density at radius 2 is 2.14 bits per heavy atom. The number of pyridine rings is 1. The van der Waals surface area contributed by atoms with Crippen LogP contribution in [0.25, 0.3) is 0 Å². The van der Waals surface area contributed by atoms with Crippen molar-refractivity contribution in [2.45, 2.75) is 50.4 Å². The average molecular weight is 321 g/mol. The van der Waals surface area contributed by atoms with E-state index in [1.807, 2.05) is 26.0 Å². The number of carbonyl (C=O) groups excluding carboxylic acids is 2. The van der Waals surface area contributed by atoms with E-state index < -0.39 is 5.25 Å². The lowest BCUT2D eigenvalue weighted by Crippen LogP contribution is -2.45. The van der Waals surface area contributed by atoms with Gasteiger partial charge in [-0.2, -0.15) is 0 Å². The molecule has 0 radical (unpaired) electrons. The molecule has 2 amide bonds. The Bertz CT molecular complexity index is 560. The summed E-state index contributed by atoms with van der Waals surface area (Å²) in [6.45, 7) is 8.61. The third-order valence-electron chi connectivity index (χ3n) is 3.21. The zero-order valence-corrected chi connectivity index (χ0v) is 14.3. The van der Waals surface area contributed by atoms with Gasteiger partial charge in [-0.25, -0.2) is 4.98 Å². The third-order valence-corrected chi connectivity index (χ3v) is 4.40. The van der Waals surface area contributed by atoms with Crippen molar-refractivity contribution < 1.29 is 9.59 Å². The standard InChI is InChI=1S/C16H23N3O2S/c1-10(2)9-19-12-6-5-7-17-15(12)22-13(16(19)21)8-14(20)18-11(3)4/h5-7,10-11,13H,8-9H2,1-4H3,(H,18,20). The Hall–Kier alpha value is -1.56. The van der Waals surface area contributed by atoms with Crippen LogP contribution in [-0.2, 0) is 9.59 Å². The lowest BCUT2D eigenvalue weighted by atomic mass is 10.1. The molecule has 5 nitrogen and oxygen atoms in total. The van der Waals surface area contributed by atoms with E-state index in [0.29, 0.717) is 12.5 Å². The van der Waals surface area contributed by atoms with Crippen molar-refractivity contribution in [1.29, 1.82) is 0 Å². The number of rotatable bonds is 5. The molecule has 22 heavy (non-hydrogen) atoms. The highest BCUT2D eigenvalue weighted by Crippen LogP contribution is 2.38. The fourth-order valence-corrected chi connectivity index (χ4v) is 3.54. The summed E-state index contributed by atoms with van der Waals surface area (Å²) in [7, 11) is 0. The molecular formula is C16H23N3O2S. The normalized spacial score (nSPS) is 17.8. The summed E-state index contributed by atoms with van der Waals surface area (Å²) in [4.78, 5) is 30.9. The second-order valence-electron chi connectivity index (χ2n) is 6.20. The SMILES string of the molecule is CC(C)CN1C(=O)C(CC(=O)NC(C)C)Sc2ncccc21. The predicted molar refractivity (Wildman–Crippen MR) is 89.0 cm³/mol. The molecule has 1 aliphatic heterocycles. The van der Waals surface area contributed by atoms with Gasteiger partial charge in [0.15, 0.2) is 0 Å². The minimum absolute atomic E-state index is 0.00175. The van der Waals surface area contributed by atoms with Gasteiger partial charge in [0, 0.05) is 25.2 Å². The number of fused-ring (bicyclic) bond motifs is 1. The molecule has 0 saturated carbocycles. The van der Waals surface area contributed by atoms with Crippen LogP contribution in [0.5, 0.6) is 0 Å². The summed E-state index contributed by atoms with van der Waals surface area (Å²) in [6.07, 6.45) is 1.91. The third kappa shape index (κ3) is 4.00. The van der Waals surface area contributed by atoms with Gasteiger partial charge in [0.05, 0.1) is 10.9 Å². The summed E-state index contributed by atoms with van der Waals surface area (Å²) < 4.78 is 0. The van der Waals surface area contributed by atoms with Crippen LogP contribution in [0.2, 0.25) is 0 Å². The Morgan fingerprint density at radius 3 is 2.77 bits per heavy atom. The van der Waals surface area contributed by atoms with Crippen LogP contribution >= 0.6 is 11.8 Å². The summed E-state index contributed by atoms with van der Waals surface area (Å²) in [5, 5.41) is 3.27. The lowest BCUT2D eigenvalue weighted by Gasteiger charge is -2.33. The summed E-state index contributed by atoms with van der Waals surface area (Å²) in [5.41, 5.74) is 0.853. The van der Waals surface area contributed by atoms with E-state index in [9.17, 15) is 9.59 Å². The molecule has 0 aliphatic carbocycles. The zero-order chi connectivity index (χ0) is 16.3. The quantitative estimate of drug-likeness (QED) is 0.905. The van der Waals surface area contributed by atoms with E-state index >= 15 is 0 Å². The van der Waals surface area contributed by atoms with E-state index in [0.717, 1.165) is 10.7 Å². The van der Waals surface area contributed by atoms with Crippen molar-refractivity contribution in [2.24, 2.45) is 5.92 Å². The molecule has 0 spiro atoms. The van der Waals surface area contributed by atoms with Crippen LogP contribution in [0.4, 0.5) is 5.69 Å². The zero-order valence-electron chi connectivity index (χ0n) is 13.5. The van der Waals surface area contributed by atoms with Crippen molar-refractivity contribution in [3.63, 3.8) is 0 Å². The molecule has 1 aliphatic rings. The first kappa shape index (κ1) is 16.8. The Morgan fingerprint density at radius 1 is 1.41 bits per heavy atom. The van der Waals surface area contributed by atoms with Crippen molar-refractivity contribution in [1.82, 2.24) is 10.3 Å². The minimum atomic E-state index is -0.403. The van der Waals surface area contributed by atoms with Crippen molar-refractivity contribution in [3.05, 3.63) is 18.3 Å². The molecule has 1 aromatic rings. The first-order valence-electron chi connectivity index (χ1n) is 7.61. The average Bonchev–Trinajstić information content (AvgIpc) is 2.42. The Labute approximate surface area is 135 Å². The lowest BCUT2D eigenvalue weighted by molar-refractivity contribution is -0.125. The number of aromatic nitrogens is 1. The van der Waals surface area contributed by atoms with Gasteiger partial charge in [-0.05, 0) is 31.9 Å². The van der Waals surface area contributed by atoms with Gasteiger partial charge in [-0.15, -0.1) is 0 Å². The highest BCUT2D eigenvalue weighted by atomic mass is 32.2. The number of carbonyl (C=O) groups is 2. The van der Waals surface area contributed by atoms with Gasteiger partial charge in [0.1, 0.15) is 5.03 Å². The molecule has 2 rings (SSSR count). The van der Waals surface area contributed by atoms with Crippen LogP contribution < -0.4 is 10.2 Å². The second-order valence-corrected chi connectivity index (χ2v) is 7.39. The van der Waals surface area contributed by atoms with E-state index in [-0.39, 0.29) is 24.3 Å². The summed E-state index contributed by atoms with van der Waals surface area (Å²) in [6, 6.07) is 3.83. The highest BCUT2D eigenvalue weighted by Gasteiger charge is 2.35. The number of thioether (sulfide) groups is 1. The van der Waals surface area contributed by atoms with E-state index in [1.165, 1.54) is 11.8 Å². The van der Waals surface area contributed by atoms with Crippen LogP contribution in [0.3, 0.4) is 0 Å². The topological polar surface area (TPSA) is 62.3 Å². The molecule has 1 atom stereocenters. The van der Waals surface area contributed by atoms with Crippen molar-refractivity contribution in [2.75, 3.05) is 11.4 Å². The molecule has 0 aromatic carbocycles. The maximum atomic E-state index is 12.7. The van der Waals surface area contributed by atoms with Gasteiger partial charge in [0.25, 0.3) is 0 Å². The maximum Gasteiger partial charge on any atom is 0.241 e.